The first kappa shape index (κ1) is 21.2. The highest BCUT2D eigenvalue weighted by Crippen LogP contribution is 2.18. The summed E-state index contributed by atoms with van der Waals surface area (Å²) < 4.78 is 0. The molecule has 27 heavy (non-hydrogen) atoms. The van der Waals surface area contributed by atoms with E-state index in [2.05, 4.69) is 41.4 Å². The minimum atomic E-state index is -0.239. The lowest BCUT2D eigenvalue weighted by molar-refractivity contribution is -0.129. The SMILES string of the molecule is Cc1ccccc1CCN1CCC[C@@H](CN(C)C(=O)CNC(=O)N(C)C)C1. The maximum Gasteiger partial charge on any atom is 0.317 e. The van der Waals surface area contributed by atoms with Crippen LogP contribution in [0.3, 0.4) is 0 Å². The van der Waals surface area contributed by atoms with Crippen molar-refractivity contribution in [1.82, 2.24) is 20.0 Å². The number of likely N-dealkylation sites (tertiary alicyclic amines) is 1. The van der Waals surface area contributed by atoms with E-state index in [4.69, 9.17) is 0 Å². The third kappa shape index (κ3) is 6.86. The molecule has 1 N–H and O–H groups in total. The van der Waals surface area contributed by atoms with Crippen LogP contribution < -0.4 is 5.32 Å². The number of likely N-dealkylation sites (N-methyl/N-ethyl adjacent to an activating group) is 1. The number of amides is 3. The van der Waals surface area contributed by atoms with Gasteiger partial charge in [-0.1, -0.05) is 24.3 Å². The summed E-state index contributed by atoms with van der Waals surface area (Å²) in [5, 5.41) is 2.64. The average molecular weight is 375 g/mol. The Morgan fingerprint density at radius 3 is 2.67 bits per heavy atom. The number of aryl methyl sites for hydroxylation is 1. The Morgan fingerprint density at radius 1 is 1.22 bits per heavy atom. The first-order chi connectivity index (χ1) is 12.9. The zero-order valence-corrected chi connectivity index (χ0v) is 17.2. The van der Waals surface area contributed by atoms with Crippen molar-refractivity contribution in [2.45, 2.75) is 26.2 Å². The highest BCUT2D eigenvalue weighted by Gasteiger charge is 2.23. The minimum Gasteiger partial charge on any atom is -0.344 e. The van der Waals surface area contributed by atoms with Gasteiger partial charge in [-0.15, -0.1) is 0 Å². The van der Waals surface area contributed by atoms with Crippen molar-refractivity contribution in [3.63, 3.8) is 0 Å². The van der Waals surface area contributed by atoms with Crippen LogP contribution >= 0.6 is 0 Å². The molecule has 0 unspecified atom stereocenters. The zero-order chi connectivity index (χ0) is 19.8. The maximum absolute atomic E-state index is 12.3. The number of carbonyl (C=O) groups excluding carboxylic acids is 2. The molecule has 1 atom stereocenters. The van der Waals surface area contributed by atoms with E-state index in [0.29, 0.717) is 5.92 Å². The highest BCUT2D eigenvalue weighted by atomic mass is 16.2. The molecule has 1 aromatic carbocycles. The number of hydrogen-bond donors (Lipinski definition) is 1. The molecule has 1 aliphatic heterocycles. The number of benzene rings is 1. The van der Waals surface area contributed by atoms with Crippen LogP contribution in [0.5, 0.6) is 0 Å². The van der Waals surface area contributed by atoms with E-state index in [1.165, 1.54) is 22.4 Å². The molecule has 0 aromatic heterocycles. The second kappa shape index (κ2) is 10.3. The highest BCUT2D eigenvalue weighted by molar-refractivity contribution is 5.83. The number of nitrogens with one attached hydrogen (secondary N) is 1. The van der Waals surface area contributed by atoms with Crippen LogP contribution in [0.4, 0.5) is 4.79 Å². The molecule has 150 valence electrons. The van der Waals surface area contributed by atoms with Gasteiger partial charge < -0.3 is 20.0 Å². The molecule has 1 saturated heterocycles. The molecule has 0 aliphatic carbocycles. The van der Waals surface area contributed by atoms with E-state index in [1.807, 2.05) is 7.05 Å². The number of nitrogens with zero attached hydrogens (tertiary/aromatic N) is 3. The summed E-state index contributed by atoms with van der Waals surface area (Å²) in [6.07, 6.45) is 3.41. The summed E-state index contributed by atoms with van der Waals surface area (Å²) in [4.78, 5) is 29.5. The van der Waals surface area contributed by atoms with Gasteiger partial charge in [0.25, 0.3) is 0 Å². The predicted octanol–water partition coefficient (Wildman–Crippen LogP) is 1.98. The van der Waals surface area contributed by atoms with Gasteiger partial charge in [0.15, 0.2) is 0 Å². The van der Waals surface area contributed by atoms with Crippen LogP contribution in [0.15, 0.2) is 24.3 Å². The lowest BCUT2D eigenvalue weighted by Crippen LogP contribution is -2.45. The normalized spacial score (nSPS) is 17.4. The van der Waals surface area contributed by atoms with E-state index in [1.54, 1.807) is 19.0 Å². The van der Waals surface area contributed by atoms with Crippen LogP contribution in [0.1, 0.15) is 24.0 Å². The fourth-order valence-electron chi connectivity index (χ4n) is 3.61. The maximum atomic E-state index is 12.3. The van der Waals surface area contributed by atoms with Crippen LogP contribution in [-0.4, -0.2) is 80.5 Å². The van der Waals surface area contributed by atoms with Crippen molar-refractivity contribution < 1.29 is 9.59 Å². The number of hydrogen-bond acceptors (Lipinski definition) is 3. The van der Waals surface area contributed by atoms with E-state index >= 15 is 0 Å². The zero-order valence-electron chi connectivity index (χ0n) is 17.2. The Morgan fingerprint density at radius 2 is 1.96 bits per heavy atom. The molecule has 0 spiro atoms. The smallest absolute Gasteiger partial charge is 0.317 e. The van der Waals surface area contributed by atoms with Crippen LogP contribution in [-0.2, 0) is 11.2 Å². The molecule has 6 heteroatoms. The monoisotopic (exact) mass is 374 g/mol. The van der Waals surface area contributed by atoms with Crippen molar-refractivity contribution in [2.75, 3.05) is 53.9 Å². The number of carbonyl (C=O) groups is 2. The van der Waals surface area contributed by atoms with E-state index in [0.717, 1.165) is 39.0 Å². The number of urea groups is 1. The van der Waals surface area contributed by atoms with Gasteiger partial charge in [0.05, 0.1) is 6.54 Å². The van der Waals surface area contributed by atoms with Crippen LogP contribution in [0.2, 0.25) is 0 Å². The third-order valence-electron chi connectivity index (χ3n) is 5.32. The Balaban J connectivity index is 1.75. The van der Waals surface area contributed by atoms with Gasteiger partial charge in [-0.2, -0.15) is 0 Å². The van der Waals surface area contributed by atoms with Crippen molar-refractivity contribution in [2.24, 2.45) is 5.92 Å². The molecule has 1 aliphatic rings. The van der Waals surface area contributed by atoms with Gasteiger partial charge in [0.1, 0.15) is 0 Å². The van der Waals surface area contributed by atoms with Gasteiger partial charge in [0, 0.05) is 40.8 Å². The fourth-order valence-corrected chi connectivity index (χ4v) is 3.61. The summed E-state index contributed by atoms with van der Waals surface area (Å²) in [6.45, 7) is 6.21. The first-order valence-corrected chi connectivity index (χ1v) is 9.82. The fraction of sp³-hybridized carbons (Fsp3) is 0.619. The van der Waals surface area contributed by atoms with Gasteiger partial charge in [0.2, 0.25) is 5.91 Å². The molecule has 1 heterocycles. The molecule has 0 radical (unpaired) electrons. The van der Waals surface area contributed by atoms with Crippen LogP contribution in [0.25, 0.3) is 0 Å². The molecule has 6 nitrogen and oxygen atoms in total. The van der Waals surface area contributed by atoms with Crippen molar-refractivity contribution >= 4 is 11.9 Å². The van der Waals surface area contributed by atoms with E-state index < -0.39 is 0 Å². The standard InChI is InChI=1S/C21H34N4O2/c1-17-8-5-6-10-19(17)11-13-25-12-7-9-18(16-25)15-24(4)20(26)14-22-21(27)23(2)3/h5-6,8,10,18H,7,9,11-16H2,1-4H3,(H,22,27)/t18-/m0/s1. The summed E-state index contributed by atoms with van der Waals surface area (Å²) in [7, 11) is 5.16. The van der Waals surface area contributed by atoms with Gasteiger partial charge >= 0.3 is 6.03 Å². The Labute approximate surface area is 163 Å². The summed E-state index contributed by atoms with van der Waals surface area (Å²) in [6, 6.07) is 8.34. The molecular formula is C21H34N4O2. The topological polar surface area (TPSA) is 55.9 Å². The molecule has 1 aromatic rings. The van der Waals surface area contributed by atoms with E-state index in [-0.39, 0.29) is 18.5 Å². The molecule has 3 amide bonds. The van der Waals surface area contributed by atoms with Gasteiger partial charge in [-0.05, 0) is 49.8 Å². The van der Waals surface area contributed by atoms with E-state index in [9.17, 15) is 9.59 Å². The van der Waals surface area contributed by atoms with Crippen molar-refractivity contribution in [3.8, 4) is 0 Å². The summed E-state index contributed by atoms with van der Waals surface area (Å²) in [5.41, 5.74) is 2.78. The summed E-state index contributed by atoms with van der Waals surface area (Å²) in [5.74, 6) is 0.455. The largest absolute Gasteiger partial charge is 0.344 e. The Kier molecular flexibility index (Phi) is 8.10. The second-order valence-corrected chi connectivity index (χ2v) is 7.81. The molecule has 0 saturated carbocycles. The number of piperidine rings is 1. The first-order valence-electron chi connectivity index (χ1n) is 9.82. The van der Waals surface area contributed by atoms with Crippen molar-refractivity contribution in [3.05, 3.63) is 35.4 Å². The lowest BCUT2D eigenvalue weighted by Gasteiger charge is -2.35. The Hall–Kier alpha value is -2.08. The molecule has 2 rings (SSSR count). The summed E-state index contributed by atoms with van der Waals surface area (Å²) >= 11 is 0. The quantitative estimate of drug-likeness (QED) is 0.794. The van der Waals surface area contributed by atoms with Gasteiger partial charge in [-0.25, -0.2) is 4.79 Å². The average Bonchev–Trinajstić information content (AvgIpc) is 2.65. The lowest BCUT2D eigenvalue weighted by atomic mass is 9.96. The predicted molar refractivity (Wildman–Crippen MR) is 109 cm³/mol. The molecule has 1 fully saturated rings. The van der Waals surface area contributed by atoms with Crippen LogP contribution in [0, 0.1) is 12.8 Å². The minimum absolute atomic E-state index is 0.0396. The Bertz CT molecular complexity index is 632. The number of rotatable bonds is 7. The van der Waals surface area contributed by atoms with Crippen molar-refractivity contribution in [1.29, 1.82) is 0 Å². The molecule has 0 bridgehead atoms. The molecular weight excluding hydrogens is 340 g/mol. The van der Waals surface area contributed by atoms with Gasteiger partial charge in [-0.3, -0.25) is 4.79 Å². The third-order valence-corrected chi connectivity index (χ3v) is 5.32. The second-order valence-electron chi connectivity index (χ2n) is 7.81.